The number of benzene rings is 12. The first kappa shape index (κ1) is 45.4. The second-order valence-corrected chi connectivity index (χ2v) is 21.3. The molecule has 0 N–H and O–H groups in total. The number of nitrogens with zero attached hydrogens (tertiary/aromatic N) is 3. The van der Waals surface area contributed by atoms with E-state index in [0.717, 1.165) is 17.1 Å². The summed E-state index contributed by atoms with van der Waals surface area (Å²) in [5, 5.41) is 5.03. The van der Waals surface area contributed by atoms with Crippen LogP contribution < -0.4 is 4.90 Å². The van der Waals surface area contributed by atoms with Crippen LogP contribution in [0.3, 0.4) is 0 Å². The third-order valence-electron chi connectivity index (χ3n) is 16.6. The fourth-order valence-corrected chi connectivity index (χ4v) is 12.6. The first-order valence-corrected chi connectivity index (χ1v) is 27.1. The molecule has 0 fully saturated rings. The molecule has 12 aromatic carbocycles. The molecule has 14 aromatic rings. The summed E-state index contributed by atoms with van der Waals surface area (Å²) in [6.07, 6.45) is 0. The lowest BCUT2D eigenvalue weighted by Gasteiger charge is -2.28. The van der Waals surface area contributed by atoms with Gasteiger partial charge in [0.1, 0.15) is 0 Å². The van der Waals surface area contributed by atoms with Crippen LogP contribution in [-0.4, -0.2) is 9.13 Å². The van der Waals surface area contributed by atoms with Crippen LogP contribution in [0.25, 0.3) is 111 Å². The summed E-state index contributed by atoms with van der Waals surface area (Å²) in [6.45, 7) is 4.72. The van der Waals surface area contributed by atoms with Crippen molar-refractivity contribution in [2.24, 2.45) is 0 Å². The Kier molecular flexibility index (Phi) is 10.6. The lowest BCUT2D eigenvalue weighted by Crippen LogP contribution is -2.16. The van der Waals surface area contributed by atoms with Gasteiger partial charge in [-0.25, -0.2) is 0 Å². The summed E-state index contributed by atoms with van der Waals surface area (Å²) >= 11 is 0. The molecule has 3 heteroatoms. The van der Waals surface area contributed by atoms with E-state index in [1.54, 1.807) is 0 Å². The molecule has 368 valence electrons. The SMILES string of the molecule is CC1(C)c2ccccc2-c2ccc(N(c3ccc(-c4ccc(-c5ccc6c(c5)c5ccccc5n6-c5ccccc5)cc4)cc3)c3ccc(-c4ccc(-c5ccc6c(c5)c5ccccc5n6-c5ccccc5)cc4)cc3)cc21. The Bertz CT molecular complexity index is 4340. The van der Waals surface area contributed by atoms with Crippen LogP contribution in [0.1, 0.15) is 25.0 Å². The molecule has 3 nitrogen and oxygen atoms in total. The van der Waals surface area contributed by atoms with Gasteiger partial charge in [-0.15, -0.1) is 0 Å². The Labute approximate surface area is 454 Å². The Morgan fingerprint density at radius 2 is 0.603 bits per heavy atom. The van der Waals surface area contributed by atoms with Gasteiger partial charge in [-0.1, -0.05) is 202 Å². The molecule has 0 unspecified atom stereocenters. The van der Waals surface area contributed by atoms with E-state index in [2.05, 4.69) is 313 Å². The zero-order valence-electron chi connectivity index (χ0n) is 43.5. The fourth-order valence-electron chi connectivity index (χ4n) is 12.6. The van der Waals surface area contributed by atoms with Crippen LogP contribution in [0.4, 0.5) is 17.1 Å². The van der Waals surface area contributed by atoms with Gasteiger partial charge in [0.25, 0.3) is 0 Å². The normalized spacial score (nSPS) is 12.6. The van der Waals surface area contributed by atoms with Gasteiger partial charge in [-0.05, 0) is 164 Å². The predicted octanol–water partition coefficient (Wildman–Crippen LogP) is 20.3. The molecule has 0 saturated heterocycles. The van der Waals surface area contributed by atoms with Crippen molar-refractivity contribution in [2.45, 2.75) is 19.3 Å². The number of aromatic nitrogens is 2. The highest BCUT2D eigenvalue weighted by Crippen LogP contribution is 2.51. The van der Waals surface area contributed by atoms with Crippen molar-refractivity contribution in [3.05, 3.63) is 296 Å². The van der Waals surface area contributed by atoms with E-state index in [1.165, 1.54) is 122 Å². The Morgan fingerprint density at radius 1 is 0.256 bits per heavy atom. The summed E-state index contributed by atoms with van der Waals surface area (Å²) in [5.74, 6) is 0. The maximum Gasteiger partial charge on any atom is 0.0541 e. The van der Waals surface area contributed by atoms with Crippen molar-refractivity contribution in [1.29, 1.82) is 0 Å². The van der Waals surface area contributed by atoms with E-state index in [1.807, 2.05) is 0 Å². The van der Waals surface area contributed by atoms with Crippen LogP contribution in [0.5, 0.6) is 0 Å². The van der Waals surface area contributed by atoms with Crippen LogP contribution in [-0.2, 0) is 5.41 Å². The van der Waals surface area contributed by atoms with Gasteiger partial charge < -0.3 is 14.0 Å². The van der Waals surface area contributed by atoms with E-state index in [4.69, 9.17) is 0 Å². The number of hydrogen-bond acceptors (Lipinski definition) is 1. The molecule has 1 aliphatic carbocycles. The first-order valence-electron chi connectivity index (χ1n) is 27.1. The standard InChI is InChI=1S/C75H53N3/c1-75(2)69-22-12-9-19-63(69)64-44-43-62(49-70(64)75)76(60-39-33-52(34-40-60)50-25-29-54(30-26-50)56-37-45-73-67(47-56)65-20-10-13-23-71(65)77(73)58-15-5-3-6-16-58)61-41-35-53(36-42-61)51-27-31-55(32-28-51)57-38-46-74-68(48-57)66-21-11-14-24-72(66)78(74)59-17-7-4-8-18-59/h3-49H,1-2H3. The quantitative estimate of drug-likeness (QED) is 0.140. The molecule has 0 bridgehead atoms. The second kappa shape index (κ2) is 18.1. The van der Waals surface area contributed by atoms with Crippen molar-refractivity contribution < 1.29 is 0 Å². The summed E-state index contributed by atoms with van der Waals surface area (Å²) in [6, 6.07) is 105. The molecule has 2 aromatic heterocycles. The molecular formula is C75H53N3. The number of fused-ring (bicyclic) bond motifs is 9. The van der Waals surface area contributed by atoms with Gasteiger partial charge in [-0.3, -0.25) is 0 Å². The minimum absolute atomic E-state index is 0.126. The number of rotatable bonds is 9. The zero-order chi connectivity index (χ0) is 51.9. The summed E-state index contributed by atoms with van der Waals surface area (Å²) in [5.41, 5.74) is 25.3. The highest BCUT2D eigenvalue weighted by atomic mass is 15.1. The number of para-hydroxylation sites is 4. The van der Waals surface area contributed by atoms with Crippen LogP contribution in [0.2, 0.25) is 0 Å². The van der Waals surface area contributed by atoms with Gasteiger partial charge in [0.05, 0.1) is 22.1 Å². The average molecular weight is 996 g/mol. The average Bonchev–Trinajstić information content (AvgIpc) is 4.33. The maximum atomic E-state index is 2.42. The molecule has 78 heavy (non-hydrogen) atoms. The molecule has 15 rings (SSSR count). The van der Waals surface area contributed by atoms with E-state index >= 15 is 0 Å². The van der Waals surface area contributed by atoms with E-state index < -0.39 is 0 Å². The second-order valence-electron chi connectivity index (χ2n) is 21.3. The van der Waals surface area contributed by atoms with Gasteiger partial charge in [0, 0.05) is 55.4 Å². The molecule has 0 atom stereocenters. The van der Waals surface area contributed by atoms with Gasteiger partial charge in [0.15, 0.2) is 0 Å². The molecule has 0 radical (unpaired) electrons. The third kappa shape index (κ3) is 7.42. The Balaban J connectivity index is 0.740. The van der Waals surface area contributed by atoms with E-state index in [9.17, 15) is 0 Å². The van der Waals surface area contributed by atoms with Crippen molar-refractivity contribution in [1.82, 2.24) is 9.13 Å². The molecule has 0 aliphatic heterocycles. The van der Waals surface area contributed by atoms with Crippen molar-refractivity contribution in [3.8, 4) is 67.0 Å². The number of anilines is 3. The molecule has 0 spiro atoms. The highest BCUT2D eigenvalue weighted by molar-refractivity contribution is 6.11. The minimum atomic E-state index is -0.126. The molecule has 2 heterocycles. The molecule has 1 aliphatic rings. The lowest BCUT2D eigenvalue weighted by molar-refractivity contribution is 0.660. The third-order valence-corrected chi connectivity index (χ3v) is 16.6. The number of hydrogen-bond donors (Lipinski definition) is 0. The molecular weight excluding hydrogens is 943 g/mol. The van der Waals surface area contributed by atoms with Crippen molar-refractivity contribution in [3.63, 3.8) is 0 Å². The first-order chi connectivity index (χ1) is 38.4. The monoisotopic (exact) mass is 995 g/mol. The summed E-state index contributed by atoms with van der Waals surface area (Å²) in [7, 11) is 0. The highest BCUT2D eigenvalue weighted by Gasteiger charge is 2.36. The maximum absolute atomic E-state index is 2.42. The largest absolute Gasteiger partial charge is 0.310 e. The minimum Gasteiger partial charge on any atom is -0.310 e. The van der Waals surface area contributed by atoms with Crippen molar-refractivity contribution in [2.75, 3.05) is 4.90 Å². The topological polar surface area (TPSA) is 13.1 Å². The van der Waals surface area contributed by atoms with Gasteiger partial charge in [0.2, 0.25) is 0 Å². The summed E-state index contributed by atoms with van der Waals surface area (Å²) in [4.78, 5) is 2.41. The molecule has 0 amide bonds. The predicted molar refractivity (Wildman–Crippen MR) is 329 cm³/mol. The van der Waals surface area contributed by atoms with E-state index in [-0.39, 0.29) is 5.41 Å². The Hall–Kier alpha value is -9.96. The van der Waals surface area contributed by atoms with Crippen LogP contribution in [0.15, 0.2) is 285 Å². The van der Waals surface area contributed by atoms with Gasteiger partial charge in [-0.2, -0.15) is 0 Å². The molecule has 0 saturated carbocycles. The fraction of sp³-hybridized carbons (Fsp3) is 0.0400. The van der Waals surface area contributed by atoms with Crippen LogP contribution in [0, 0.1) is 0 Å². The lowest BCUT2D eigenvalue weighted by atomic mass is 9.82. The Morgan fingerprint density at radius 3 is 1.08 bits per heavy atom. The van der Waals surface area contributed by atoms with Gasteiger partial charge >= 0.3 is 0 Å². The zero-order valence-corrected chi connectivity index (χ0v) is 43.5. The summed E-state index contributed by atoms with van der Waals surface area (Å²) < 4.78 is 4.74. The smallest absolute Gasteiger partial charge is 0.0541 e. The van der Waals surface area contributed by atoms with E-state index in [0.29, 0.717) is 0 Å². The van der Waals surface area contributed by atoms with Crippen LogP contribution >= 0.6 is 0 Å². The van der Waals surface area contributed by atoms with Crippen molar-refractivity contribution >= 4 is 60.7 Å².